The lowest BCUT2D eigenvalue weighted by molar-refractivity contribution is -0.120. The van der Waals surface area contributed by atoms with Crippen LogP contribution in [0.5, 0.6) is 0 Å². The standard InChI is InChI=1S/C29H36N4O5/c1-18-8-9-22-21(17-37-27(22)19(18)2)16-25(34)32-31-23-6-4-7-24-26(23)20(3)28(38-24)29(35)30-10-5-11-33-12-14-36-15-13-33/h8-9,17H,4-7,10-16H2,1-3H3,(H,30,35)(H,32,34)/b31-23+. The third-order valence-corrected chi connectivity index (χ3v) is 7.58. The van der Waals surface area contributed by atoms with Gasteiger partial charge in [-0.2, -0.15) is 5.10 Å². The average molecular weight is 521 g/mol. The molecule has 5 rings (SSSR count). The highest BCUT2D eigenvalue weighted by Crippen LogP contribution is 2.30. The fraction of sp³-hybridized carbons (Fsp3) is 0.483. The second-order valence-electron chi connectivity index (χ2n) is 10.2. The molecule has 1 fully saturated rings. The van der Waals surface area contributed by atoms with Crippen molar-refractivity contribution in [1.29, 1.82) is 0 Å². The zero-order valence-corrected chi connectivity index (χ0v) is 22.4. The van der Waals surface area contributed by atoms with Crippen LogP contribution < -0.4 is 10.7 Å². The minimum Gasteiger partial charge on any atom is -0.464 e. The summed E-state index contributed by atoms with van der Waals surface area (Å²) in [7, 11) is 0. The van der Waals surface area contributed by atoms with Crippen LogP contribution in [-0.4, -0.2) is 61.8 Å². The Morgan fingerprint density at radius 2 is 1.89 bits per heavy atom. The summed E-state index contributed by atoms with van der Waals surface area (Å²) in [6, 6.07) is 4.03. The number of fused-ring (bicyclic) bond motifs is 2. The van der Waals surface area contributed by atoms with Gasteiger partial charge in [0, 0.05) is 48.1 Å². The molecule has 0 spiro atoms. The maximum Gasteiger partial charge on any atom is 0.287 e. The molecule has 2 aliphatic rings. The molecule has 1 aliphatic carbocycles. The molecule has 0 unspecified atom stereocenters. The number of hydrazone groups is 1. The SMILES string of the molecule is Cc1ccc2c(CC(=O)N/N=C3\CCCc4oc(C(=O)NCCCN5CCOCC5)c(C)c43)coc2c1C. The van der Waals surface area contributed by atoms with Gasteiger partial charge in [-0.1, -0.05) is 12.1 Å². The van der Waals surface area contributed by atoms with Gasteiger partial charge in [-0.3, -0.25) is 14.5 Å². The number of rotatable bonds is 8. The highest BCUT2D eigenvalue weighted by molar-refractivity contribution is 6.06. The lowest BCUT2D eigenvalue weighted by atomic mass is 9.93. The van der Waals surface area contributed by atoms with E-state index >= 15 is 0 Å². The molecule has 1 saturated heterocycles. The molecule has 1 aromatic carbocycles. The fourth-order valence-corrected chi connectivity index (χ4v) is 5.27. The molecule has 0 atom stereocenters. The first-order chi connectivity index (χ1) is 18.4. The van der Waals surface area contributed by atoms with Gasteiger partial charge in [-0.05, 0) is 57.7 Å². The van der Waals surface area contributed by atoms with Crippen molar-refractivity contribution in [3.05, 3.63) is 57.7 Å². The zero-order valence-electron chi connectivity index (χ0n) is 22.4. The van der Waals surface area contributed by atoms with E-state index in [4.69, 9.17) is 13.6 Å². The molecule has 2 aromatic heterocycles. The van der Waals surface area contributed by atoms with Crippen LogP contribution in [0.3, 0.4) is 0 Å². The molecule has 3 aromatic rings. The van der Waals surface area contributed by atoms with Crippen LogP contribution in [-0.2, 0) is 22.4 Å². The highest BCUT2D eigenvalue weighted by atomic mass is 16.5. The van der Waals surface area contributed by atoms with E-state index in [0.29, 0.717) is 18.7 Å². The van der Waals surface area contributed by atoms with Crippen molar-refractivity contribution < 1.29 is 23.2 Å². The number of benzene rings is 1. The Morgan fingerprint density at radius 3 is 2.71 bits per heavy atom. The average Bonchev–Trinajstić information content (AvgIpc) is 3.49. The van der Waals surface area contributed by atoms with E-state index in [0.717, 1.165) is 102 Å². The van der Waals surface area contributed by atoms with Crippen LogP contribution in [0.1, 0.15) is 63.4 Å². The van der Waals surface area contributed by atoms with Crippen LogP contribution in [0.25, 0.3) is 11.0 Å². The quantitative estimate of drug-likeness (QED) is 0.345. The van der Waals surface area contributed by atoms with Gasteiger partial charge in [-0.25, -0.2) is 5.43 Å². The molecule has 0 bridgehead atoms. The number of hydrogen-bond donors (Lipinski definition) is 2. The minimum atomic E-state index is -0.218. The first-order valence-corrected chi connectivity index (χ1v) is 13.4. The van der Waals surface area contributed by atoms with Crippen LogP contribution in [0.15, 0.2) is 32.3 Å². The summed E-state index contributed by atoms with van der Waals surface area (Å²) in [6.45, 7) is 10.9. The van der Waals surface area contributed by atoms with Crippen molar-refractivity contribution in [2.24, 2.45) is 5.10 Å². The predicted molar refractivity (Wildman–Crippen MR) is 145 cm³/mol. The van der Waals surface area contributed by atoms with E-state index in [-0.39, 0.29) is 18.2 Å². The van der Waals surface area contributed by atoms with Crippen molar-refractivity contribution in [3.63, 3.8) is 0 Å². The van der Waals surface area contributed by atoms with Crippen LogP contribution in [0.4, 0.5) is 0 Å². The highest BCUT2D eigenvalue weighted by Gasteiger charge is 2.28. The van der Waals surface area contributed by atoms with E-state index in [9.17, 15) is 9.59 Å². The monoisotopic (exact) mass is 520 g/mol. The summed E-state index contributed by atoms with van der Waals surface area (Å²) in [6.07, 6.45) is 4.99. The Kier molecular flexibility index (Phi) is 7.95. The second kappa shape index (κ2) is 11.5. The molecule has 0 radical (unpaired) electrons. The number of carbonyl (C=O) groups is 2. The second-order valence-corrected chi connectivity index (χ2v) is 10.2. The molecular formula is C29H36N4O5. The van der Waals surface area contributed by atoms with Gasteiger partial charge in [0.25, 0.3) is 5.91 Å². The maximum atomic E-state index is 12.9. The van der Waals surface area contributed by atoms with Gasteiger partial charge in [0.15, 0.2) is 5.76 Å². The number of furan rings is 2. The van der Waals surface area contributed by atoms with Gasteiger partial charge in [-0.15, -0.1) is 0 Å². The van der Waals surface area contributed by atoms with Crippen molar-refractivity contribution in [2.75, 3.05) is 39.4 Å². The lowest BCUT2D eigenvalue weighted by Gasteiger charge is -2.26. The topological polar surface area (TPSA) is 109 Å². The van der Waals surface area contributed by atoms with Crippen LogP contribution in [0.2, 0.25) is 0 Å². The Labute approximate surface area is 222 Å². The van der Waals surface area contributed by atoms with E-state index in [1.807, 2.05) is 32.9 Å². The molecule has 9 heteroatoms. The summed E-state index contributed by atoms with van der Waals surface area (Å²) < 4.78 is 17.1. The van der Waals surface area contributed by atoms with Crippen LogP contribution in [0, 0.1) is 20.8 Å². The Morgan fingerprint density at radius 1 is 1.08 bits per heavy atom. The van der Waals surface area contributed by atoms with E-state index in [1.165, 1.54) is 0 Å². The van der Waals surface area contributed by atoms with E-state index in [1.54, 1.807) is 6.26 Å². The Hall–Kier alpha value is -3.43. The number of carbonyl (C=O) groups excluding carboxylic acids is 2. The third kappa shape index (κ3) is 5.54. The summed E-state index contributed by atoms with van der Waals surface area (Å²) in [5.74, 6) is 0.661. The van der Waals surface area contributed by atoms with E-state index < -0.39 is 0 Å². The van der Waals surface area contributed by atoms with Crippen molar-refractivity contribution in [3.8, 4) is 0 Å². The van der Waals surface area contributed by atoms with Gasteiger partial charge in [0.05, 0.1) is 31.6 Å². The van der Waals surface area contributed by atoms with Crippen molar-refractivity contribution in [1.82, 2.24) is 15.6 Å². The molecule has 2 N–H and O–H groups in total. The molecule has 38 heavy (non-hydrogen) atoms. The lowest BCUT2D eigenvalue weighted by Crippen LogP contribution is -2.38. The summed E-state index contributed by atoms with van der Waals surface area (Å²) in [5.41, 5.74) is 8.95. The summed E-state index contributed by atoms with van der Waals surface area (Å²) in [5, 5.41) is 8.39. The number of aryl methyl sites for hydroxylation is 3. The smallest absolute Gasteiger partial charge is 0.287 e. The van der Waals surface area contributed by atoms with Gasteiger partial charge >= 0.3 is 0 Å². The predicted octanol–water partition coefficient (Wildman–Crippen LogP) is 3.80. The third-order valence-electron chi connectivity index (χ3n) is 7.58. The number of ether oxygens (including phenoxy) is 1. The minimum absolute atomic E-state index is 0.168. The van der Waals surface area contributed by atoms with Gasteiger partial charge < -0.3 is 18.9 Å². The number of morpholine rings is 1. The summed E-state index contributed by atoms with van der Waals surface area (Å²) >= 11 is 0. The van der Waals surface area contributed by atoms with Gasteiger partial charge in [0.2, 0.25) is 5.91 Å². The van der Waals surface area contributed by atoms with Crippen molar-refractivity contribution in [2.45, 2.75) is 52.9 Å². The number of hydrogen-bond acceptors (Lipinski definition) is 7. The molecule has 9 nitrogen and oxygen atoms in total. The molecule has 2 amide bonds. The fourth-order valence-electron chi connectivity index (χ4n) is 5.27. The molecular weight excluding hydrogens is 484 g/mol. The molecule has 202 valence electrons. The number of amides is 2. The molecule has 3 heterocycles. The Bertz CT molecular complexity index is 1360. The van der Waals surface area contributed by atoms with Gasteiger partial charge in [0.1, 0.15) is 11.3 Å². The molecule has 0 saturated carbocycles. The Balaban J connectivity index is 1.21. The first-order valence-electron chi connectivity index (χ1n) is 13.4. The first kappa shape index (κ1) is 26.2. The number of nitrogens with one attached hydrogen (secondary N) is 2. The maximum absolute atomic E-state index is 12.9. The number of nitrogens with zero attached hydrogens (tertiary/aromatic N) is 2. The normalized spacial score (nSPS) is 17.1. The molecule has 1 aliphatic heterocycles. The van der Waals surface area contributed by atoms with Crippen LogP contribution >= 0.6 is 0 Å². The largest absolute Gasteiger partial charge is 0.464 e. The van der Waals surface area contributed by atoms with Crippen molar-refractivity contribution >= 4 is 28.5 Å². The van der Waals surface area contributed by atoms with E-state index in [2.05, 4.69) is 20.7 Å². The zero-order chi connectivity index (χ0) is 26.6. The summed E-state index contributed by atoms with van der Waals surface area (Å²) in [4.78, 5) is 28.0.